The standard InChI is InChI=1S/C10H5BrN2S/c11-6-1-2-8-7(3-6)10-9(14-8)4-12-5-13-10/h1-5H. The first-order chi connectivity index (χ1) is 6.84. The molecule has 0 aliphatic heterocycles. The molecule has 0 radical (unpaired) electrons. The van der Waals surface area contributed by atoms with Crippen molar-refractivity contribution >= 4 is 47.6 Å². The van der Waals surface area contributed by atoms with Crippen molar-refractivity contribution in [1.82, 2.24) is 9.97 Å². The minimum atomic E-state index is 1.04. The van der Waals surface area contributed by atoms with E-state index in [0.717, 1.165) is 14.7 Å². The summed E-state index contributed by atoms with van der Waals surface area (Å²) < 4.78 is 3.48. The Morgan fingerprint density at radius 3 is 3.07 bits per heavy atom. The second kappa shape index (κ2) is 3.00. The molecule has 3 rings (SSSR count). The van der Waals surface area contributed by atoms with Crippen LogP contribution in [0.2, 0.25) is 0 Å². The number of rotatable bonds is 0. The third kappa shape index (κ3) is 1.14. The topological polar surface area (TPSA) is 25.8 Å². The van der Waals surface area contributed by atoms with E-state index in [1.807, 2.05) is 12.3 Å². The predicted octanol–water partition coefficient (Wildman–Crippen LogP) is 3.61. The van der Waals surface area contributed by atoms with Crippen LogP contribution in [0.25, 0.3) is 20.3 Å². The summed E-state index contributed by atoms with van der Waals surface area (Å²) in [4.78, 5) is 8.31. The van der Waals surface area contributed by atoms with Gasteiger partial charge in [-0.3, -0.25) is 0 Å². The van der Waals surface area contributed by atoms with Gasteiger partial charge in [0.25, 0.3) is 0 Å². The Labute approximate surface area is 92.7 Å². The molecular weight excluding hydrogens is 260 g/mol. The highest BCUT2D eigenvalue weighted by atomic mass is 79.9. The van der Waals surface area contributed by atoms with Crippen LogP contribution in [0.5, 0.6) is 0 Å². The van der Waals surface area contributed by atoms with Gasteiger partial charge in [0.05, 0.1) is 10.2 Å². The van der Waals surface area contributed by atoms with Crippen molar-refractivity contribution in [2.45, 2.75) is 0 Å². The lowest BCUT2D eigenvalue weighted by Gasteiger charge is -1.90. The van der Waals surface area contributed by atoms with Gasteiger partial charge in [0.1, 0.15) is 6.33 Å². The molecule has 0 spiro atoms. The van der Waals surface area contributed by atoms with E-state index in [1.165, 1.54) is 10.1 Å². The summed E-state index contributed by atoms with van der Waals surface area (Å²) in [6, 6.07) is 6.25. The third-order valence-corrected chi connectivity index (χ3v) is 3.68. The van der Waals surface area contributed by atoms with E-state index in [4.69, 9.17) is 0 Å². The maximum atomic E-state index is 4.29. The Morgan fingerprint density at radius 2 is 2.14 bits per heavy atom. The van der Waals surface area contributed by atoms with Gasteiger partial charge in [-0.15, -0.1) is 11.3 Å². The lowest BCUT2D eigenvalue weighted by molar-refractivity contribution is 1.23. The molecule has 68 valence electrons. The fraction of sp³-hybridized carbons (Fsp3) is 0. The maximum Gasteiger partial charge on any atom is 0.116 e. The summed E-state index contributed by atoms with van der Waals surface area (Å²) in [5.74, 6) is 0. The van der Waals surface area contributed by atoms with E-state index in [2.05, 4.69) is 38.0 Å². The monoisotopic (exact) mass is 264 g/mol. The highest BCUT2D eigenvalue weighted by Crippen LogP contribution is 2.33. The number of hydrogen-bond donors (Lipinski definition) is 0. The Balaban J connectivity index is 2.58. The van der Waals surface area contributed by atoms with Crippen LogP contribution in [0.1, 0.15) is 0 Å². The number of fused-ring (bicyclic) bond motifs is 3. The van der Waals surface area contributed by atoms with Crippen molar-refractivity contribution in [1.29, 1.82) is 0 Å². The van der Waals surface area contributed by atoms with Crippen molar-refractivity contribution < 1.29 is 0 Å². The number of nitrogens with zero attached hydrogens (tertiary/aromatic N) is 2. The lowest BCUT2D eigenvalue weighted by Crippen LogP contribution is -1.75. The van der Waals surface area contributed by atoms with Crippen LogP contribution in [0.3, 0.4) is 0 Å². The van der Waals surface area contributed by atoms with E-state index in [9.17, 15) is 0 Å². The van der Waals surface area contributed by atoms with Crippen molar-refractivity contribution in [3.63, 3.8) is 0 Å². The zero-order valence-corrected chi connectivity index (χ0v) is 9.47. The van der Waals surface area contributed by atoms with Gasteiger partial charge in [-0.25, -0.2) is 9.97 Å². The molecule has 0 amide bonds. The molecule has 0 N–H and O–H groups in total. The fourth-order valence-electron chi connectivity index (χ4n) is 1.49. The maximum absolute atomic E-state index is 4.29. The van der Waals surface area contributed by atoms with Crippen molar-refractivity contribution in [3.8, 4) is 0 Å². The largest absolute Gasteiger partial charge is 0.243 e. The molecule has 2 aromatic heterocycles. The Hall–Kier alpha value is -1.00. The summed E-state index contributed by atoms with van der Waals surface area (Å²) in [5, 5.41) is 1.20. The Bertz CT molecular complexity index is 618. The Morgan fingerprint density at radius 1 is 1.21 bits per heavy atom. The number of hydrogen-bond acceptors (Lipinski definition) is 3. The lowest BCUT2D eigenvalue weighted by atomic mass is 10.2. The van der Waals surface area contributed by atoms with E-state index in [-0.39, 0.29) is 0 Å². The first-order valence-electron chi connectivity index (χ1n) is 4.12. The average molecular weight is 265 g/mol. The van der Waals surface area contributed by atoms with Crippen LogP contribution in [-0.2, 0) is 0 Å². The van der Waals surface area contributed by atoms with Gasteiger partial charge >= 0.3 is 0 Å². The molecule has 0 aliphatic rings. The molecule has 0 unspecified atom stereocenters. The molecule has 0 aliphatic carbocycles. The highest BCUT2D eigenvalue weighted by Gasteiger charge is 2.05. The molecule has 0 bridgehead atoms. The van der Waals surface area contributed by atoms with Crippen LogP contribution in [0.15, 0.2) is 35.2 Å². The van der Waals surface area contributed by atoms with Gasteiger partial charge < -0.3 is 0 Å². The number of thiophene rings is 1. The first kappa shape index (κ1) is 8.32. The zero-order chi connectivity index (χ0) is 9.54. The average Bonchev–Trinajstić information content (AvgIpc) is 2.56. The van der Waals surface area contributed by atoms with Crippen LogP contribution in [0.4, 0.5) is 0 Å². The smallest absolute Gasteiger partial charge is 0.116 e. The first-order valence-corrected chi connectivity index (χ1v) is 5.73. The molecule has 0 saturated carbocycles. The minimum Gasteiger partial charge on any atom is -0.243 e. The second-order valence-electron chi connectivity index (χ2n) is 2.98. The molecule has 2 nitrogen and oxygen atoms in total. The molecule has 4 heteroatoms. The zero-order valence-electron chi connectivity index (χ0n) is 7.07. The van der Waals surface area contributed by atoms with Crippen molar-refractivity contribution in [2.75, 3.05) is 0 Å². The summed E-state index contributed by atoms with van der Waals surface area (Å²) >= 11 is 5.19. The van der Waals surface area contributed by atoms with Crippen LogP contribution >= 0.6 is 27.3 Å². The van der Waals surface area contributed by atoms with Gasteiger partial charge in [0.2, 0.25) is 0 Å². The summed E-state index contributed by atoms with van der Waals surface area (Å²) in [6.07, 6.45) is 3.45. The molecule has 3 aromatic rings. The van der Waals surface area contributed by atoms with E-state index in [1.54, 1.807) is 17.7 Å². The second-order valence-corrected chi connectivity index (χ2v) is 4.98. The van der Waals surface area contributed by atoms with Crippen molar-refractivity contribution in [2.24, 2.45) is 0 Å². The van der Waals surface area contributed by atoms with Gasteiger partial charge in [0.15, 0.2) is 0 Å². The van der Waals surface area contributed by atoms with Gasteiger partial charge in [-0.2, -0.15) is 0 Å². The van der Waals surface area contributed by atoms with Gasteiger partial charge in [-0.1, -0.05) is 15.9 Å². The van der Waals surface area contributed by atoms with E-state index < -0.39 is 0 Å². The SMILES string of the molecule is Brc1ccc2sc3cncnc3c2c1. The number of halogens is 1. The van der Waals surface area contributed by atoms with Gasteiger partial charge in [-0.05, 0) is 18.2 Å². The summed E-state index contributed by atoms with van der Waals surface area (Å²) in [5.41, 5.74) is 1.04. The summed E-state index contributed by atoms with van der Waals surface area (Å²) in [6.45, 7) is 0. The number of aromatic nitrogens is 2. The van der Waals surface area contributed by atoms with Crippen molar-refractivity contribution in [3.05, 3.63) is 35.2 Å². The highest BCUT2D eigenvalue weighted by molar-refractivity contribution is 9.10. The molecular formula is C10H5BrN2S. The third-order valence-electron chi connectivity index (χ3n) is 2.10. The molecule has 14 heavy (non-hydrogen) atoms. The molecule has 1 aromatic carbocycles. The number of benzene rings is 1. The van der Waals surface area contributed by atoms with Crippen LogP contribution < -0.4 is 0 Å². The molecule has 2 heterocycles. The van der Waals surface area contributed by atoms with E-state index in [0.29, 0.717) is 0 Å². The van der Waals surface area contributed by atoms with Crippen LogP contribution in [-0.4, -0.2) is 9.97 Å². The Kier molecular flexibility index (Phi) is 1.78. The molecule has 0 fully saturated rings. The minimum absolute atomic E-state index is 1.04. The quantitative estimate of drug-likeness (QED) is 0.620. The fourth-order valence-corrected chi connectivity index (χ4v) is 2.86. The van der Waals surface area contributed by atoms with Crippen LogP contribution in [0, 0.1) is 0 Å². The molecule has 0 atom stereocenters. The normalized spacial score (nSPS) is 11.2. The predicted molar refractivity (Wildman–Crippen MR) is 62.6 cm³/mol. The summed E-state index contributed by atoms with van der Waals surface area (Å²) in [7, 11) is 0. The molecule has 0 saturated heterocycles. The van der Waals surface area contributed by atoms with Gasteiger partial charge in [0, 0.05) is 20.8 Å². The van der Waals surface area contributed by atoms with E-state index >= 15 is 0 Å².